The Labute approximate surface area is 133 Å². The van der Waals surface area contributed by atoms with Gasteiger partial charge in [0.2, 0.25) is 0 Å². The smallest absolute Gasteiger partial charge is 0.157 e. The van der Waals surface area contributed by atoms with Crippen molar-refractivity contribution >= 4 is 0 Å². The molecule has 3 nitrogen and oxygen atoms in total. The lowest BCUT2D eigenvalue weighted by molar-refractivity contribution is -0.148. The van der Waals surface area contributed by atoms with Crippen molar-refractivity contribution in [1.29, 1.82) is 0 Å². The van der Waals surface area contributed by atoms with Crippen LogP contribution in [0, 0.1) is 0 Å². The van der Waals surface area contributed by atoms with E-state index >= 15 is 0 Å². The van der Waals surface area contributed by atoms with Crippen molar-refractivity contribution in [3.05, 3.63) is 0 Å². The molecule has 0 radical (unpaired) electrons. The molecule has 0 saturated carbocycles. The van der Waals surface area contributed by atoms with Gasteiger partial charge in [-0.3, -0.25) is 0 Å². The van der Waals surface area contributed by atoms with Crippen LogP contribution in [0.3, 0.4) is 0 Å². The standard InChI is InChI=1S/C18H38O2.H2O/c1-4-7-10-12-15-18(19-16-13-9-6-3)20-17-14-11-8-5-2;/h18H,4-17H2,1-3H3;1H2. The van der Waals surface area contributed by atoms with Gasteiger partial charge in [-0.05, 0) is 25.7 Å². The number of unbranched alkanes of at least 4 members (excludes halogenated alkanes) is 8. The first-order valence-electron chi connectivity index (χ1n) is 9.08. The molecule has 0 rings (SSSR count). The van der Waals surface area contributed by atoms with Gasteiger partial charge in [0.05, 0.1) is 0 Å². The summed E-state index contributed by atoms with van der Waals surface area (Å²) in [7, 11) is 0. The highest BCUT2D eigenvalue weighted by Crippen LogP contribution is 2.12. The van der Waals surface area contributed by atoms with E-state index < -0.39 is 0 Å². The van der Waals surface area contributed by atoms with E-state index in [4.69, 9.17) is 9.47 Å². The SMILES string of the molecule is CCCCCCOC(CCCCCC)OCCCCC.O. The lowest BCUT2D eigenvalue weighted by Gasteiger charge is -2.18. The molecule has 0 aromatic carbocycles. The first-order chi connectivity index (χ1) is 9.85. The second kappa shape index (κ2) is 19.9. The summed E-state index contributed by atoms with van der Waals surface area (Å²) in [6.07, 6.45) is 15.0. The van der Waals surface area contributed by atoms with E-state index in [1.165, 1.54) is 70.6 Å². The van der Waals surface area contributed by atoms with Gasteiger partial charge in [-0.25, -0.2) is 0 Å². The molecule has 0 amide bonds. The minimum atomic E-state index is 0. The summed E-state index contributed by atoms with van der Waals surface area (Å²) >= 11 is 0. The van der Waals surface area contributed by atoms with Crippen LogP contribution >= 0.6 is 0 Å². The zero-order valence-corrected chi connectivity index (χ0v) is 14.8. The third kappa shape index (κ3) is 17.8. The van der Waals surface area contributed by atoms with E-state index in [0.717, 1.165) is 19.6 Å². The first-order valence-corrected chi connectivity index (χ1v) is 9.08. The lowest BCUT2D eigenvalue weighted by atomic mass is 10.1. The second-order valence-corrected chi connectivity index (χ2v) is 5.79. The fraction of sp³-hybridized carbons (Fsp3) is 1.00. The van der Waals surface area contributed by atoms with Gasteiger partial charge in [0.15, 0.2) is 6.29 Å². The summed E-state index contributed by atoms with van der Waals surface area (Å²) in [5, 5.41) is 0. The van der Waals surface area contributed by atoms with Crippen molar-refractivity contribution in [2.75, 3.05) is 13.2 Å². The van der Waals surface area contributed by atoms with Crippen molar-refractivity contribution < 1.29 is 14.9 Å². The summed E-state index contributed by atoms with van der Waals surface area (Å²) in [6.45, 7) is 8.46. The lowest BCUT2D eigenvalue weighted by Crippen LogP contribution is -2.19. The van der Waals surface area contributed by atoms with E-state index in [1.54, 1.807) is 0 Å². The van der Waals surface area contributed by atoms with Crippen molar-refractivity contribution in [1.82, 2.24) is 0 Å². The fourth-order valence-corrected chi connectivity index (χ4v) is 2.26. The minimum absolute atomic E-state index is 0. The average Bonchev–Trinajstić information content (AvgIpc) is 2.47. The molecule has 130 valence electrons. The Hall–Kier alpha value is -0.120. The van der Waals surface area contributed by atoms with Gasteiger partial charge >= 0.3 is 0 Å². The predicted octanol–water partition coefficient (Wildman–Crippen LogP) is 5.26. The van der Waals surface area contributed by atoms with Crippen LogP contribution in [0.4, 0.5) is 0 Å². The summed E-state index contributed by atoms with van der Waals surface area (Å²) in [5.74, 6) is 0. The molecule has 0 saturated heterocycles. The van der Waals surface area contributed by atoms with Crippen LogP contribution in [0.1, 0.15) is 97.8 Å². The third-order valence-corrected chi connectivity index (χ3v) is 3.65. The number of hydrogen-bond acceptors (Lipinski definition) is 2. The van der Waals surface area contributed by atoms with Gasteiger partial charge in [0.25, 0.3) is 0 Å². The van der Waals surface area contributed by atoms with E-state index in [2.05, 4.69) is 20.8 Å². The van der Waals surface area contributed by atoms with Crippen LogP contribution in [0.15, 0.2) is 0 Å². The highest BCUT2D eigenvalue weighted by molar-refractivity contribution is 4.50. The van der Waals surface area contributed by atoms with E-state index in [-0.39, 0.29) is 11.8 Å². The Kier molecular flexibility index (Phi) is 21.9. The molecule has 0 aliphatic carbocycles. The van der Waals surface area contributed by atoms with Crippen molar-refractivity contribution in [3.63, 3.8) is 0 Å². The Morgan fingerprint density at radius 2 is 1.00 bits per heavy atom. The molecular weight excluding hydrogens is 264 g/mol. The zero-order valence-electron chi connectivity index (χ0n) is 14.8. The zero-order chi connectivity index (χ0) is 14.9. The molecule has 2 N–H and O–H groups in total. The molecule has 21 heavy (non-hydrogen) atoms. The van der Waals surface area contributed by atoms with Crippen LogP contribution in [0.5, 0.6) is 0 Å². The Morgan fingerprint density at radius 3 is 1.52 bits per heavy atom. The maximum atomic E-state index is 5.93. The maximum Gasteiger partial charge on any atom is 0.157 e. The molecule has 1 atom stereocenters. The normalized spacial score (nSPS) is 12.1. The van der Waals surface area contributed by atoms with Gasteiger partial charge < -0.3 is 14.9 Å². The summed E-state index contributed by atoms with van der Waals surface area (Å²) in [4.78, 5) is 0. The molecule has 0 heterocycles. The summed E-state index contributed by atoms with van der Waals surface area (Å²) in [5.41, 5.74) is 0. The number of ether oxygens (including phenoxy) is 2. The average molecular weight is 305 g/mol. The van der Waals surface area contributed by atoms with Gasteiger partial charge in [-0.2, -0.15) is 0 Å². The molecule has 0 bridgehead atoms. The van der Waals surface area contributed by atoms with Crippen molar-refractivity contribution in [2.45, 2.75) is 104 Å². The molecule has 0 fully saturated rings. The van der Waals surface area contributed by atoms with Crippen LogP contribution in [-0.4, -0.2) is 25.0 Å². The predicted molar refractivity (Wildman–Crippen MR) is 91.7 cm³/mol. The van der Waals surface area contributed by atoms with Crippen molar-refractivity contribution in [2.24, 2.45) is 0 Å². The first kappa shape index (κ1) is 23.2. The molecule has 1 unspecified atom stereocenters. The van der Waals surface area contributed by atoms with Gasteiger partial charge in [-0.15, -0.1) is 0 Å². The molecule has 0 aliphatic heterocycles. The highest BCUT2D eigenvalue weighted by Gasteiger charge is 2.08. The number of hydrogen-bond donors (Lipinski definition) is 0. The minimum Gasteiger partial charge on any atom is -0.412 e. The molecular formula is C18H40O3. The van der Waals surface area contributed by atoms with E-state index in [1.807, 2.05) is 0 Å². The van der Waals surface area contributed by atoms with Gasteiger partial charge in [0.1, 0.15) is 0 Å². The number of rotatable bonds is 16. The van der Waals surface area contributed by atoms with Crippen LogP contribution in [0.2, 0.25) is 0 Å². The Bertz CT molecular complexity index is 162. The van der Waals surface area contributed by atoms with Gasteiger partial charge in [-0.1, -0.05) is 72.1 Å². The molecule has 0 aromatic rings. The van der Waals surface area contributed by atoms with Crippen LogP contribution in [0.25, 0.3) is 0 Å². The molecule has 3 heteroatoms. The maximum absolute atomic E-state index is 5.93. The van der Waals surface area contributed by atoms with Crippen molar-refractivity contribution in [3.8, 4) is 0 Å². The fourth-order valence-electron chi connectivity index (χ4n) is 2.26. The third-order valence-electron chi connectivity index (χ3n) is 3.65. The van der Waals surface area contributed by atoms with Crippen LogP contribution < -0.4 is 0 Å². The molecule has 0 spiro atoms. The van der Waals surface area contributed by atoms with E-state index in [0.29, 0.717) is 0 Å². The van der Waals surface area contributed by atoms with E-state index in [9.17, 15) is 0 Å². The Morgan fingerprint density at radius 1 is 0.571 bits per heavy atom. The molecule has 0 aliphatic rings. The largest absolute Gasteiger partial charge is 0.412 e. The van der Waals surface area contributed by atoms with Gasteiger partial charge in [0, 0.05) is 13.2 Å². The second-order valence-electron chi connectivity index (χ2n) is 5.79. The Balaban J connectivity index is 0. The topological polar surface area (TPSA) is 50.0 Å². The summed E-state index contributed by atoms with van der Waals surface area (Å²) < 4.78 is 11.8. The highest BCUT2D eigenvalue weighted by atomic mass is 16.7. The monoisotopic (exact) mass is 304 g/mol. The quantitative estimate of drug-likeness (QED) is 0.288. The molecule has 0 aromatic heterocycles. The van der Waals surface area contributed by atoms with Crippen LogP contribution in [-0.2, 0) is 9.47 Å². The summed E-state index contributed by atoms with van der Waals surface area (Å²) in [6, 6.07) is 0.